The maximum Gasteiger partial charge on any atom is 0.337 e. The standard InChI is InChI=1S/C18H18O6/c1-22-18(21)14-5-9-16(10-6-14)24-12-2-11-23-15-7-3-13(4-8-15)17(19)20/h3-10H,2,11-12H2,1H3,(H,19,20). The first-order valence-electron chi connectivity index (χ1n) is 7.37. The molecule has 126 valence electrons. The van der Waals surface area contributed by atoms with Gasteiger partial charge in [-0.1, -0.05) is 0 Å². The van der Waals surface area contributed by atoms with Gasteiger partial charge >= 0.3 is 11.9 Å². The zero-order chi connectivity index (χ0) is 17.4. The lowest BCUT2D eigenvalue weighted by molar-refractivity contribution is 0.0599. The third kappa shape index (κ3) is 5.01. The number of hydrogen-bond donors (Lipinski definition) is 1. The summed E-state index contributed by atoms with van der Waals surface area (Å²) in [4.78, 5) is 22.0. The van der Waals surface area contributed by atoms with Crippen LogP contribution < -0.4 is 9.47 Å². The van der Waals surface area contributed by atoms with Gasteiger partial charge in [0, 0.05) is 6.42 Å². The molecule has 0 amide bonds. The van der Waals surface area contributed by atoms with E-state index in [1.165, 1.54) is 19.2 Å². The van der Waals surface area contributed by atoms with E-state index >= 15 is 0 Å². The molecule has 24 heavy (non-hydrogen) atoms. The van der Waals surface area contributed by atoms with Crippen LogP contribution in [0.2, 0.25) is 0 Å². The molecule has 0 heterocycles. The van der Waals surface area contributed by atoms with Crippen molar-refractivity contribution in [3.63, 3.8) is 0 Å². The fourth-order valence-corrected chi connectivity index (χ4v) is 1.94. The smallest absolute Gasteiger partial charge is 0.337 e. The largest absolute Gasteiger partial charge is 0.493 e. The summed E-state index contributed by atoms with van der Waals surface area (Å²) >= 11 is 0. The van der Waals surface area contributed by atoms with Crippen molar-refractivity contribution in [3.8, 4) is 11.5 Å². The fourth-order valence-electron chi connectivity index (χ4n) is 1.94. The molecule has 0 aromatic heterocycles. The van der Waals surface area contributed by atoms with Gasteiger partial charge in [0.15, 0.2) is 0 Å². The molecule has 0 saturated heterocycles. The third-order valence-corrected chi connectivity index (χ3v) is 3.20. The van der Waals surface area contributed by atoms with Crippen LogP contribution in [0.4, 0.5) is 0 Å². The van der Waals surface area contributed by atoms with Crippen LogP contribution in [0, 0.1) is 0 Å². The first-order valence-corrected chi connectivity index (χ1v) is 7.37. The number of aromatic carboxylic acids is 1. The number of carboxylic acid groups (broad SMARTS) is 1. The summed E-state index contributed by atoms with van der Waals surface area (Å²) in [5.74, 6) is -0.0760. The monoisotopic (exact) mass is 330 g/mol. The van der Waals surface area contributed by atoms with Gasteiger partial charge in [0.05, 0.1) is 31.5 Å². The van der Waals surface area contributed by atoms with E-state index in [1.54, 1.807) is 36.4 Å². The van der Waals surface area contributed by atoms with Crippen LogP contribution in [-0.4, -0.2) is 37.4 Å². The topological polar surface area (TPSA) is 82.1 Å². The lowest BCUT2D eigenvalue weighted by Gasteiger charge is -2.08. The molecule has 0 saturated carbocycles. The highest BCUT2D eigenvalue weighted by Gasteiger charge is 2.05. The Morgan fingerprint density at radius 2 is 1.29 bits per heavy atom. The summed E-state index contributed by atoms with van der Waals surface area (Å²) in [6.45, 7) is 0.914. The Kier molecular flexibility index (Phi) is 6.19. The van der Waals surface area contributed by atoms with Crippen LogP contribution in [0.25, 0.3) is 0 Å². The predicted molar refractivity (Wildman–Crippen MR) is 86.8 cm³/mol. The van der Waals surface area contributed by atoms with Gasteiger partial charge in [-0.3, -0.25) is 0 Å². The van der Waals surface area contributed by atoms with Crippen LogP contribution in [-0.2, 0) is 4.74 Å². The summed E-state index contributed by atoms with van der Waals surface area (Å²) in [6.07, 6.45) is 0.666. The van der Waals surface area contributed by atoms with E-state index in [0.29, 0.717) is 36.7 Å². The van der Waals surface area contributed by atoms with Crippen molar-refractivity contribution >= 4 is 11.9 Å². The minimum absolute atomic E-state index is 0.223. The maximum atomic E-state index is 11.3. The normalized spacial score (nSPS) is 10.0. The fraction of sp³-hybridized carbons (Fsp3) is 0.222. The van der Waals surface area contributed by atoms with E-state index < -0.39 is 5.97 Å². The molecule has 6 nitrogen and oxygen atoms in total. The van der Waals surface area contributed by atoms with Crippen molar-refractivity contribution in [2.75, 3.05) is 20.3 Å². The van der Waals surface area contributed by atoms with Gasteiger partial charge in [-0.05, 0) is 48.5 Å². The molecular formula is C18H18O6. The second-order valence-corrected chi connectivity index (χ2v) is 4.90. The molecule has 0 fully saturated rings. The SMILES string of the molecule is COC(=O)c1ccc(OCCCOc2ccc(C(=O)O)cc2)cc1. The van der Waals surface area contributed by atoms with Gasteiger partial charge in [-0.2, -0.15) is 0 Å². The number of benzene rings is 2. The summed E-state index contributed by atoms with van der Waals surface area (Å²) in [5.41, 5.74) is 0.694. The Morgan fingerprint density at radius 3 is 1.71 bits per heavy atom. The zero-order valence-corrected chi connectivity index (χ0v) is 13.2. The van der Waals surface area contributed by atoms with Crippen LogP contribution in [0.3, 0.4) is 0 Å². The number of rotatable bonds is 8. The maximum absolute atomic E-state index is 11.3. The lowest BCUT2D eigenvalue weighted by atomic mass is 10.2. The predicted octanol–water partition coefficient (Wildman–Crippen LogP) is 3.02. The van der Waals surface area contributed by atoms with E-state index in [4.69, 9.17) is 14.6 Å². The van der Waals surface area contributed by atoms with Crippen molar-refractivity contribution in [1.29, 1.82) is 0 Å². The van der Waals surface area contributed by atoms with Gasteiger partial charge in [0.25, 0.3) is 0 Å². The minimum atomic E-state index is -0.965. The van der Waals surface area contributed by atoms with Gasteiger partial charge in [0.2, 0.25) is 0 Å². The molecule has 0 aliphatic rings. The molecule has 1 N–H and O–H groups in total. The summed E-state index contributed by atoms with van der Waals surface area (Å²) in [5, 5.41) is 8.81. The molecule has 0 radical (unpaired) electrons. The van der Waals surface area contributed by atoms with Crippen molar-refractivity contribution in [2.24, 2.45) is 0 Å². The Bertz CT molecular complexity index is 676. The highest BCUT2D eigenvalue weighted by Crippen LogP contribution is 2.14. The third-order valence-electron chi connectivity index (χ3n) is 3.20. The number of carbonyl (C=O) groups excluding carboxylic acids is 1. The van der Waals surface area contributed by atoms with Gasteiger partial charge in [-0.15, -0.1) is 0 Å². The van der Waals surface area contributed by atoms with E-state index in [-0.39, 0.29) is 11.5 Å². The Morgan fingerprint density at radius 1 is 0.833 bits per heavy atom. The summed E-state index contributed by atoms with van der Waals surface area (Å²) in [7, 11) is 1.34. The van der Waals surface area contributed by atoms with E-state index in [9.17, 15) is 9.59 Å². The van der Waals surface area contributed by atoms with Crippen LogP contribution in [0.1, 0.15) is 27.1 Å². The number of ether oxygens (including phenoxy) is 3. The van der Waals surface area contributed by atoms with Crippen LogP contribution >= 0.6 is 0 Å². The van der Waals surface area contributed by atoms with E-state index in [0.717, 1.165) is 0 Å². The minimum Gasteiger partial charge on any atom is -0.493 e. The summed E-state index contributed by atoms with van der Waals surface area (Å²) < 4.78 is 15.7. The number of carbonyl (C=O) groups is 2. The molecule has 0 spiro atoms. The molecule has 2 rings (SSSR count). The molecule has 0 atom stereocenters. The van der Waals surface area contributed by atoms with Gasteiger partial charge < -0.3 is 19.3 Å². The Labute approximate surface area is 139 Å². The van der Waals surface area contributed by atoms with Crippen molar-refractivity contribution in [2.45, 2.75) is 6.42 Å². The molecular weight excluding hydrogens is 312 g/mol. The molecule has 2 aromatic carbocycles. The van der Waals surface area contributed by atoms with Crippen molar-refractivity contribution < 1.29 is 28.9 Å². The number of carboxylic acids is 1. The number of hydrogen-bond acceptors (Lipinski definition) is 5. The first-order chi connectivity index (χ1) is 11.6. The highest BCUT2D eigenvalue weighted by molar-refractivity contribution is 5.89. The Hall–Kier alpha value is -3.02. The number of methoxy groups -OCH3 is 1. The first kappa shape index (κ1) is 17.3. The zero-order valence-electron chi connectivity index (χ0n) is 13.2. The molecule has 0 bridgehead atoms. The molecule has 6 heteroatoms. The van der Waals surface area contributed by atoms with E-state index in [1.807, 2.05) is 0 Å². The molecule has 2 aromatic rings. The van der Waals surface area contributed by atoms with Crippen molar-refractivity contribution in [1.82, 2.24) is 0 Å². The Balaban J connectivity index is 1.69. The van der Waals surface area contributed by atoms with Crippen LogP contribution in [0.15, 0.2) is 48.5 Å². The average molecular weight is 330 g/mol. The molecule has 0 aliphatic carbocycles. The van der Waals surface area contributed by atoms with Gasteiger partial charge in [0.1, 0.15) is 11.5 Å². The molecule has 0 unspecified atom stereocenters. The summed E-state index contributed by atoms with van der Waals surface area (Å²) in [6, 6.07) is 12.9. The lowest BCUT2D eigenvalue weighted by Crippen LogP contribution is -2.06. The second kappa shape index (κ2) is 8.57. The average Bonchev–Trinajstić information content (AvgIpc) is 2.61. The van der Waals surface area contributed by atoms with Gasteiger partial charge in [-0.25, -0.2) is 9.59 Å². The van der Waals surface area contributed by atoms with Crippen LogP contribution in [0.5, 0.6) is 11.5 Å². The van der Waals surface area contributed by atoms with E-state index in [2.05, 4.69) is 4.74 Å². The quantitative estimate of drug-likeness (QED) is 0.592. The molecule has 0 aliphatic heterocycles. The number of esters is 1. The highest BCUT2D eigenvalue weighted by atomic mass is 16.5. The van der Waals surface area contributed by atoms with Crippen molar-refractivity contribution in [3.05, 3.63) is 59.7 Å². The second-order valence-electron chi connectivity index (χ2n) is 4.90.